The van der Waals surface area contributed by atoms with E-state index in [1.54, 1.807) is 19.2 Å². The molecule has 0 radical (unpaired) electrons. The van der Waals surface area contributed by atoms with E-state index in [4.69, 9.17) is 15.6 Å². The second-order valence-electron chi connectivity index (χ2n) is 5.94. The van der Waals surface area contributed by atoms with Gasteiger partial charge in [-0.3, -0.25) is 14.2 Å². The number of methoxy groups -OCH3 is 1. The predicted molar refractivity (Wildman–Crippen MR) is 100 cm³/mol. The number of benzene rings is 1. The minimum absolute atomic E-state index is 0.00539. The third-order valence-electron chi connectivity index (χ3n) is 4.20. The molecule has 138 valence electrons. The summed E-state index contributed by atoms with van der Waals surface area (Å²) in [7, 11) is 1.60. The van der Waals surface area contributed by atoms with Crippen LogP contribution in [0.2, 0.25) is 0 Å². The van der Waals surface area contributed by atoms with Gasteiger partial charge in [0.1, 0.15) is 11.6 Å². The third-order valence-corrected chi connectivity index (χ3v) is 4.20. The first kappa shape index (κ1) is 18.2. The SMILES string of the molecule is COc1ccc(-c2ccc(CCC(=O)O)n2-c2ccc(C(N)=O)cn2)cc1. The summed E-state index contributed by atoms with van der Waals surface area (Å²) in [5.74, 6) is -0.100. The molecule has 3 aromatic rings. The number of carboxylic acid groups (broad SMARTS) is 1. The Morgan fingerprint density at radius 1 is 1.11 bits per heavy atom. The molecule has 3 rings (SSSR count). The van der Waals surface area contributed by atoms with Gasteiger partial charge in [-0.15, -0.1) is 0 Å². The highest BCUT2D eigenvalue weighted by Crippen LogP contribution is 2.28. The van der Waals surface area contributed by atoms with Crippen LogP contribution >= 0.6 is 0 Å². The van der Waals surface area contributed by atoms with E-state index in [0.29, 0.717) is 17.8 Å². The first-order valence-electron chi connectivity index (χ1n) is 8.32. The molecule has 0 saturated carbocycles. The summed E-state index contributed by atoms with van der Waals surface area (Å²) in [5, 5.41) is 9.03. The number of nitrogens with two attached hydrogens (primary N) is 1. The van der Waals surface area contributed by atoms with Crippen molar-refractivity contribution in [2.45, 2.75) is 12.8 Å². The van der Waals surface area contributed by atoms with Crippen molar-refractivity contribution in [3.05, 3.63) is 66.0 Å². The Morgan fingerprint density at radius 2 is 1.85 bits per heavy atom. The average molecular weight is 365 g/mol. The lowest BCUT2D eigenvalue weighted by Gasteiger charge is -2.13. The van der Waals surface area contributed by atoms with Crippen LogP contribution in [0.15, 0.2) is 54.7 Å². The number of aryl methyl sites for hydroxylation is 1. The van der Waals surface area contributed by atoms with E-state index in [1.165, 1.54) is 6.20 Å². The Morgan fingerprint density at radius 3 is 2.41 bits per heavy atom. The van der Waals surface area contributed by atoms with Crippen LogP contribution in [0.3, 0.4) is 0 Å². The van der Waals surface area contributed by atoms with E-state index in [0.717, 1.165) is 22.7 Å². The number of primary amides is 1. The summed E-state index contributed by atoms with van der Waals surface area (Å²) < 4.78 is 7.08. The standard InChI is InChI=1S/C20H19N3O4/c1-27-16-7-2-13(3-8-16)17-9-5-15(6-11-19(24)25)23(17)18-10-4-14(12-22-18)20(21)26/h2-5,7-10,12H,6,11H2,1H3,(H2,21,26)(H,24,25). The Labute approximate surface area is 156 Å². The Bertz CT molecular complexity index is 960. The lowest BCUT2D eigenvalue weighted by molar-refractivity contribution is -0.136. The van der Waals surface area contributed by atoms with Crippen LogP contribution in [0, 0.1) is 0 Å². The number of amides is 1. The van der Waals surface area contributed by atoms with Gasteiger partial charge < -0.3 is 15.6 Å². The van der Waals surface area contributed by atoms with Gasteiger partial charge in [0.25, 0.3) is 0 Å². The second kappa shape index (κ2) is 7.74. The highest BCUT2D eigenvalue weighted by molar-refractivity contribution is 5.92. The monoisotopic (exact) mass is 365 g/mol. The van der Waals surface area contributed by atoms with Gasteiger partial charge in [0.15, 0.2) is 0 Å². The zero-order valence-electron chi connectivity index (χ0n) is 14.8. The lowest BCUT2D eigenvalue weighted by Crippen LogP contribution is -2.12. The molecule has 3 N–H and O–H groups in total. The summed E-state index contributed by atoms with van der Waals surface area (Å²) >= 11 is 0. The Balaban J connectivity index is 2.07. The predicted octanol–water partition coefficient (Wildman–Crippen LogP) is 2.66. The quantitative estimate of drug-likeness (QED) is 0.669. The Hall–Kier alpha value is -3.61. The van der Waals surface area contributed by atoms with Crippen molar-refractivity contribution >= 4 is 11.9 Å². The number of carbonyl (C=O) groups excluding carboxylic acids is 1. The number of rotatable bonds is 7. The molecule has 0 fully saturated rings. The molecule has 0 aliphatic rings. The molecular formula is C20H19N3O4. The van der Waals surface area contributed by atoms with Crippen LogP contribution in [-0.4, -0.2) is 33.6 Å². The fourth-order valence-corrected chi connectivity index (χ4v) is 2.83. The lowest BCUT2D eigenvalue weighted by atomic mass is 10.1. The van der Waals surface area contributed by atoms with Gasteiger partial charge in [0.2, 0.25) is 5.91 Å². The van der Waals surface area contributed by atoms with Crippen LogP contribution in [0.5, 0.6) is 5.75 Å². The van der Waals surface area contributed by atoms with Gasteiger partial charge in [-0.2, -0.15) is 0 Å². The topological polar surface area (TPSA) is 107 Å². The van der Waals surface area contributed by atoms with E-state index in [9.17, 15) is 9.59 Å². The van der Waals surface area contributed by atoms with E-state index in [2.05, 4.69) is 4.98 Å². The molecule has 0 bridgehead atoms. The molecule has 0 unspecified atom stereocenters. The molecule has 2 aromatic heterocycles. The van der Waals surface area contributed by atoms with Crippen LogP contribution in [-0.2, 0) is 11.2 Å². The normalized spacial score (nSPS) is 10.6. The second-order valence-corrected chi connectivity index (χ2v) is 5.94. The summed E-state index contributed by atoms with van der Waals surface area (Å²) in [6.07, 6.45) is 1.77. The number of hydrogen-bond acceptors (Lipinski definition) is 4. The van der Waals surface area contributed by atoms with Gasteiger partial charge >= 0.3 is 5.97 Å². The molecule has 0 atom stereocenters. The summed E-state index contributed by atoms with van der Waals surface area (Å²) in [4.78, 5) is 26.6. The van der Waals surface area contributed by atoms with Crippen molar-refractivity contribution in [3.63, 3.8) is 0 Å². The number of ether oxygens (including phenoxy) is 1. The number of pyridine rings is 1. The molecule has 1 aromatic carbocycles. The van der Waals surface area contributed by atoms with E-state index >= 15 is 0 Å². The molecule has 0 spiro atoms. The van der Waals surface area contributed by atoms with Crippen LogP contribution in [0.4, 0.5) is 0 Å². The van der Waals surface area contributed by atoms with Gasteiger partial charge in [0, 0.05) is 11.9 Å². The maximum Gasteiger partial charge on any atom is 0.303 e. The van der Waals surface area contributed by atoms with Crippen LogP contribution < -0.4 is 10.5 Å². The first-order valence-corrected chi connectivity index (χ1v) is 8.32. The van der Waals surface area contributed by atoms with Gasteiger partial charge in [-0.05, 0) is 60.5 Å². The summed E-state index contributed by atoms with van der Waals surface area (Å²) in [5.41, 5.74) is 8.18. The molecule has 27 heavy (non-hydrogen) atoms. The van der Waals surface area contributed by atoms with E-state index < -0.39 is 11.9 Å². The molecule has 2 heterocycles. The van der Waals surface area contributed by atoms with Crippen molar-refractivity contribution in [3.8, 4) is 22.8 Å². The number of carbonyl (C=O) groups is 2. The van der Waals surface area contributed by atoms with Crippen molar-refractivity contribution < 1.29 is 19.4 Å². The maximum absolute atomic E-state index is 11.3. The zero-order chi connectivity index (χ0) is 19.4. The number of aliphatic carboxylic acids is 1. The van der Waals surface area contributed by atoms with Gasteiger partial charge in [0.05, 0.1) is 24.8 Å². The largest absolute Gasteiger partial charge is 0.497 e. The highest BCUT2D eigenvalue weighted by Gasteiger charge is 2.14. The number of carboxylic acids is 1. The van der Waals surface area contributed by atoms with Gasteiger partial charge in [-0.1, -0.05) is 0 Å². The van der Waals surface area contributed by atoms with Crippen LogP contribution in [0.1, 0.15) is 22.5 Å². The van der Waals surface area contributed by atoms with Crippen molar-refractivity contribution in [1.29, 1.82) is 0 Å². The molecule has 0 aliphatic carbocycles. The molecule has 0 aliphatic heterocycles. The zero-order valence-corrected chi connectivity index (χ0v) is 14.8. The minimum Gasteiger partial charge on any atom is -0.497 e. The van der Waals surface area contributed by atoms with Gasteiger partial charge in [-0.25, -0.2) is 4.98 Å². The third kappa shape index (κ3) is 3.98. The number of hydrogen-bond donors (Lipinski definition) is 2. The van der Waals surface area contributed by atoms with Crippen LogP contribution in [0.25, 0.3) is 17.1 Å². The first-order chi connectivity index (χ1) is 13.0. The van der Waals surface area contributed by atoms with E-state index in [1.807, 2.05) is 41.0 Å². The molecule has 0 saturated heterocycles. The Kier molecular flexibility index (Phi) is 5.21. The van der Waals surface area contributed by atoms with Crippen molar-refractivity contribution in [2.75, 3.05) is 7.11 Å². The molecular weight excluding hydrogens is 346 g/mol. The summed E-state index contributed by atoms with van der Waals surface area (Å²) in [6.45, 7) is 0. The van der Waals surface area contributed by atoms with Crippen molar-refractivity contribution in [1.82, 2.24) is 9.55 Å². The summed E-state index contributed by atoms with van der Waals surface area (Å²) in [6, 6.07) is 14.6. The molecule has 7 nitrogen and oxygen atoms in total. The average Bonchev–Trinajstić information content (AvgIpc) is 3.10. The number of aromatic nitrogens is 2. The molecule has 1 amide bonds. The van der Waals surface area contributed by atoms with Crippen molar-refractivity contribution in [2.24, 2.45) is 5.73 Å². The maximum atomic E-state index is 11.3. The highest BCUT2D eigenvalue weighted by atomic mass is 16.5. The fraction of sp³-hybridized carbons (Fsp3) is 0.150. The molecule has 7 heteroatoms. The smallest absolute Gasteiger partial charge is 0.303 e. The fourth-order valence-electron chi connectivity index (χ4n) is 2.83. The van der Waals surface area contributed by atoms with E-state index in [-0.39, 0.29) is 6.42 Å². The number of nitrogens with zero attached hydrogens (tertiary/aromatic N) is 2. The minimum atomic E-state index is -0.870.